The zero-order chi connectivity index (χ0) is 15.9. The van der Waals surface area contributed by atoms with Crippen molar-refractivity contribution < 1.29 is 8.42 Å². The van der Waals surface area contributed by atoms with Crippen molar-refractivity contribution in [3.63, 3.8) is 0 Å². The molecule has 0 spiro atoms. The highest BCUT2D eigenvalue weighted by Crippen LogP contribution is 2.45. The summed E-state index contributed by atoms with van der Waals surface area (Å²) in [4.78, 5) is 0. The SMILES string of the molecule is O=S(=O)(NCc1cccc2nsnc12)C1CC1c1ccccc1. The number of fused-ring (bicyclic) bond motifs is 1. The molecule has 1 saturated carbocycles. The quantitative estimate of drug-likeness (QED) is 0.772. The van der Waals surface area contributed by atoms with Crippen LogP contribution < -0.4 is 4.72 Å². The first-order valence-corrected chi connectivity index (χ1v) is 9.66. The van der Waals surface area contributed by atoms with Crippen LogP contribution >= 0.6 is 11.7 Å². The minimum absolute atomic E-state index is 0.102. The third kappa shape index (κ3) is 2.87. The van der Waals surface area contributed by atoms with E-state index in [2.05, 4.69) is 13.5 Å². The predicted octanol–water partition coefficient (Wildman–Crippen LogP) is 2.67. The Morgan fingerprint density at radius 3 is 2.74 bits per heavy atom. The van der Waals surface area contributed by atoms with E-state index in [9.17, 15) is 8.42 Å². The van der Waals surface area contributed by atoms with E-state index in [0.29, 0.717) is 6.42 Å². The van der Waals surface area contributed by atoms with E-state index >= 15 is 0 Å². The van der Waals surface area contributed by atoms with Crippen molar-refractivity contribution in [2.45, 2.75) is 24.1 Å². The van der Waals surface area contributed by atoms with Crippen LogP contribution in [0.3, 0.4) is 0 Å². The average molecular weight is 345 g/mol. The third-order valence-electron chi connectivity index (χ3n) is 4.19. The Kier molecular flexibility index (Phi) is 3.63. The van der Waals surface area contributed by atoms with E-state index in [1.54, 1.807) is 0 Å². The first-order valence-electron chi connectivity index (χ1n) is 7.39. The van der Waals surface area contributed by atoms with Crippen LogP contribution in [0.1, 0.15) is 23.5 Å². The molecular formula is C16H15N3O2S2. The summed E-state index contributed by atoms with van der Waals surface area (Å²) < 4.78 is 36.1. The Labute approximate surface area is 138 Å². The molecule has 1 aromatic heterocycles. The average Bonchev–Trinajstić information content (AvgIpc) is 3.25. The van der Waals surface area contributed by atoms with Gasteiger partial charge >= 0.3 is 0 Å². The van der Waals surface area contributed by atoms with Gasteiger partial charge in [0.25, 0.3) is 0 Å². The molecule has 23 heavy (non-hydrogen) atoms. The molecule has 2 aromatic carbocycles. The standard InChI is InChI=1S/C16H15N3O2S2/c20-23(21,15-9-13(15)11-5-2-1-3-6-11)17-10-12-7-4-8-14-16(12)19-22-18-14/h1-8,13,15,17H,9-10H2. The predicted molar refractivity (Wildman–Crippen MR) is 90.8 cm³/mol. The second-order valence-corrected chi connectivity index (χ2v) is 8.22. The zero-order valence-corrected chi connectivity index (χ0v) is 13.8. The first-order chi connectivity index (χ1) is 11.1. The molecule has 3 aromatic rings. The number of hydrogen-bond donors (Lipinski definition) is 1. The number of aromatic nitrogens is 2. The topological polar surface area (TPSA) is 72.0 Å². The van der Waals surface area contributed by atoms with Gasteiger partial charge in [0.1, 0.15) is 11.0 Å². The van der Waals surface area contributed by atoms with E-state index in [4.69, 9.17) is 0 Å². The maximum absolute atomic E-state index is 12.5. The normalized spacial score (nSPS) is 20.7. The van der Waals surface area contributed by atoms with Crippen molar-refractivity contribution in [2.75, 3.05) is 0 Å². The zero-order valence-electron chi connectivity index (χ0n) is 12.2. The Morgan fingerprint density at radius 1 is 1.09 bits per heavy atom. The number of sulfonamides is 1. The smallest absolute Gasteiger partial charge is 0.212 e. The van der Waals surface area contributed by atoms with Crippen molar-refractivity contribution in [1.29, 1.82) is 0 Å². The summed E-state index contributed by atoms with van der Waals surface area (Å²) in [6.45, 7) is 0.253. The lowest BCUT2D eigenvalue weighted by Gasteiger charge is -2.07. The van der Waals surface area contributed by atoms with E-state index in [-0.39, 0.29) is 17.7 Å². The lowest BCUT2D eigenvalue weighted by molar-refractivity contribution is 0.579. The molecule has 2 atom stereocenters. The van der Waals surface area contributed by atoms with Gasteiger partial charge in [0.05, 0.1) is 17.0 Å². The summed E-state index contributed by atoms with van der Waals surface area (Å²) in [5.74, 6) is 0.102. The maximum atomic E-state index is 12.5. The monoisotopic (exact) mass is 345 g/mol. The molecule has 5 nitrogen and oxygen atoms in total. The van der Waals surface area contributed by atoms with Crippen LogP contribution in [0, 0.1) is 0 Å². The fourth-order valence-corrected chi connectivity index (χ4v) is 5.05. The second-order valence-electron chi connectivity index (χ2n) is 5.71. The van der Waals surface area contributed by atoms with Gasteiger partial charge in [-0.25, -0.2) is 13.1 Å². The molecule has 7 heteroatoms. The fourth-order valence-electron chi connectivity index (χ4n) is 2.86. The van der Waals surface area contributed by atoms with Gasteiger partial charge in [-0.3, -0.25) is 0 Å². The minimum atomic E-state index is -3.33. The van der Waals surface area contributed by atoms with Crippen LogP contribution in [-0.2, 0) is 16.6 Å². The van der Waals surface area contributed by atoms with Crippen LogP contribution in [0.25, 0.3) is 11.0 Å². The summed E-state index contributed by atoms with van der Waals surface area (Å²) in [5, 5.41) is -0.335. The molecule has 1 N–H and O–H groups in total. The van der Waals surface area contributed by atoms with Crippen LogP contribution in [-0.4, -0.2) is 22.4 Å². The van der Waals surface area contributed by atoms with E-state index in [1.807, 2.05) is 48.5 Å². The molecule has 4 rings (SSSR count). The van der Waals surface area contributed by atoms with Gasteiger partial charge in [-0.2, -0.15) is 8.75 Å². The number of rotatable bonds is 5. The molecule has 1 aliphatic carbocycles. The Balaban J connectivity index is 1.48. The first kappa shape index (κ1) is 14.7. The summed E-state index contributed by atoms with van der Waals surface area (Å²) >= 11 is 1.14. The maximum Gasteiger partial charge on any atom is 0.215 e. The van der Waals surface area contributed by atoms with Crippen LogP contribution in [0.5, 0.6) is 0 Å². The number of benzene rings is 2. The van der Waals surface area contributed by atoms with Crippen LogP contribution in [0.2, 0.25) is 0 Å². The highest BCUT2D eigenvalue weighted by Gasteiger charge is 2.47. The molecule has 118 valence electrons. The van der Waals surface area contributed by atoms with E-state index in [1.165, 1.54) is 0 Å². The summed E-state index contributed by atoms with van der Waals surface area (Å²) in [6.07, 6.45) is 0.682. The van der Waals surface area contributed by atoms with Gasteiger partial charge in [0.15, 0.2) is 0 Å². The highest BCUT2D eigenvalue weighted by molar-refractivity contribution is 7.90. The van der Waals surface area contributed by atoms with Crippen molar-refractivity contribution in [3.05, 3.63) is 59.7 Å². The molecule has 0 amide bonds. The van der Waals surface area contributed by atoms with Gasteiger partial charge in [0, 0.05) is 12.5 Å². The summed E-state index contributed by atoms with van der Waals surface area (Å²) in [7, 11) is -3.33. The lowest BCUT2D eigenvalue weighted by Crippen LogP contribution is -2.27. The lowest BCUT2D eigenvalue weighted by atomic mass is 10.1. The Hall–Kier alpha value is -1.83. The molecule has 2 unspecified atom stereocenters. The van der Waals surface area contributed by atoms with Crippen molar-refractivity contribution in [2.24, 2.45) is 0 Å². The largest absolute Gasteiger partial charge is 0.215 e. The molecule has 1 heterocycles. The molecule has 0 saturated heterocycles. The molecule has 1 fully saturated rings. The summed E-state index contributed by atoms with van der Waals surface area (Å²) in [6, 6.07) is 15.4. The fraction of sp³-hybridized carbons (Fsp3) is 0.250. The van der Waals surface area contributed by atoms with Crippen molar-refractivity contribution in [3.8, 4) is 0 Å². The number of hydrogen-bond acceptors (Lipinski definition) is 5. The Bertz CT molecular complexity index is 938. The van der Waals surface area contributed by atoms with Gasteiger partial charge in [0.2, 0.25) is 10.0 Å². The second kappa shape index (κ2) is 5.67. The molecule has 1 aliphatic rings. The van der Waals surface area contributed by atoms with Crippen LogP contribution in [0.4, 0.5) is 0 Å². The van der Waals surface area contributed by atoms with E-state index in [0.717, 1.165) is 33.9 Å². The molecule has 0 bridgehead atoms. The van der Waals surface area contributed by atoms with Gasteiger partial charge in [-0.05, 0) is 23.6 Å². The molecular weight excluding hydrogens is 330 g/mol. The van der Waals surface area contributed by atoms with Gasteiger partial charge < -0.3 is 0 Å². The Morgan fingerprint density at radius 2 is 1.91 bits per heavy atom. The van der Waals surface area contributed by atoms with Crippen molar-refractivity contribution >= 4 is 32.8 Å². The van der Waals surface area contributed by atoms with Gasteiger partial charge in [-0.15, -0.1) is 0 Å². The van der Waals surface area contributed by atoms with Crippen LogP contribution in [0.15, 0.2) is 48.5 Å². The highest BCUT2D eigenvalue weighted by atomic mass is 32.2. The molecule has 0 aliphatic heterocycles. The minimum Gasteiger partial charge on any atom is -0.212 e. The number of nitrogens with one attached hydrogen (secondary N) is 1. The summed E-state index contributed by atoms with van der Waals surface area (Å²) in [5.41, 5.74) is 3.53. The van der Waals surface area contributed by atoms with Crippen molar-refractivity contribution in [1.82, 2.24) is 13.5 Å². The number of nitrogens with zero attached hydrogens (tertiary/aromatic N) is 2. The van der Waals surface area contributed by atoms with Gasteiger partial charge in [-0.1, -0.05) is 42.5 Å². The van der Waals surface area contributed by atoms with E-state index < -0.39 is 10.0 Å². The molecule has 0 radical (unpaired) electrons. The third-order valence-corrected chi connectivity index (χ3v) is 6.60.